The maximum atomic E-state index is 12.3. The molecule has 0 aromatic heterocycles. The highest BCUT2D eigenvalue weighted by Crippen LogP contribution is 2.33. The molecule has 2 aromatic rings. The lowest BCUT2D eigenvalue weighted by Gasteiger charge is -2.25. The Hall–Kier alpha value is -2.97. The standard InChI is InChI=1S/C21H23ClN6OS/c1-4-30-27-15-9-10-18(25-14-7-5-13(22)6-8-14)16(11-15)17-12-28(3)21(29)19(23)20(17)26-24-2/h5-12,23-25,27H,4H2,1-3H3/b23-19?,26-20-. The largest absolute Gasteiger partial charge is 0.355 e. The first-order chi connectivity index (χ1) is 14.4. The maximum absolute atomic E-state index is 12.3. The number of nitrogens with one attached hydrogen (secondary N) is 4. The highest BCUT2D eigenvalue weighted by atomic mass is 35.5. The topological polar surface area (TPSA) is 92.6 Å². The first-order valence-electron chi connectivity index (χ1n) is 9.32. The number of anilines is 3. The predicted octanol–water partition coefficient (Wildman–Crippen LogP) is 4.57. The molecule has 2 aromatic carbocycles. The van der Waals surface area contributed by atoms with Crippen molar-refractivity contribution in [3.8, 4) is 0 Å². The Morgan fingerprint density at radius 3 is 2.53 bits per heavy atom. The highest BCUT2D eigenvalue weighted by Gasteiger charge is 2.30. The van der Waals surface area contributed by atoms with E-state index in [-0.39, 0.29) is 5.71 Å². The van der Waals surface area contributed by atoms with Gasteiger partial charge in [0.1, 0.15) is 11.4 Å². The fourth-order valence-electron chi connectivity index (χ4n) is 2.93. The Morgan fingerprint density at radius 1 is 1.17 bits per heavy atom. The number of hydrogen-bond acceptors (Lipinski definition) is 7. The van der Waals surface area contributed by atoms with E-state index in [0.717, 1.165) is 28.4 Å². The van der Waals surface area contributed by atoms with Gasteiger partial charge in [0.05, 0.1) is 0 Å². The van der Waals surface area contributed by atoms with Gasteiger partial charge in [0.2, 0.25) is 0 Å². The molecule has 0 radical (unpaired) electrons. The van der Waals surface area contributed by atoms with Crippen LogP contribution in [0.3, 0.4) is 0 Å². The van der Waals surface area contributed by atoms with Crippen LogP contribution in [0.25, 0.3) is 5.57 Å². The Labute approximate surface area is 185 Å². The van der Waals surface area contributed by atoms with Gasteiger partial charge in [0, 0.05) is 59.3 Å². The molecule has 30 heavy (non-hydrogen) atoms. The molecular weight excluding hydrogens is 420 g/mol. The lowest BCUT2D eigenvalue weighted by molar-refractivity contribution is -0.120. The van der Waals surface area contributed by atoms with Crippen molar-refractivity contribution in [1.29, 1.82) is 5.41 Å². The molecule has 0 saturated carbocycles. The zero-order valence-electron chi connectivity index (χ0n) is 16.9. The van der Waals surface area contributed by atoms with Crippen molar-refractivity contribution in [2.24, 2.45) is 5.10 Å². The van der Waals surface area contributed by atoms with E-state index < -0.39 is 5.91 Å². The smallest absolute Gasteiger partial charge is 0.277 e. The van der Waals surface area contributed by atoms with Gasteiger partial charge in [-0.3, -0.25) is 10.2 Å². The van der Waals surface area contributed by atoms with Crippen molar-refractivity contribution in [3.05, 3.63) is 59.3 Å². The van der Waals surface area contributed by atoms with Crippen LogP contribution < -0.4 is 15.5 Å². The van der Waals surface area contributed by atoms with Crippen LogP contribution in [0.1, 0.15) is 12.5 Å². The molecule has 0 atom stereocenters. The number of carbonyl (C=O) groups excluding carboxylic acids is 1. The number of allylic oxidation sites excluding steroid dienone is 1. The van der Waals surface area contributed by atoms with Crippen LogP contribution in [-0.4, -0.2) is 42.1 Å². The molecule has 1 aliphatic heterocycles. The summed E-state index contributed by atoms with van der Waals surface area (Å²) in [5, 5.41) is 16.6. The van der Waals surface area contributed by atoms with Crippen LogP contribution in [0.5, 0.6) is 0 Å². The number of hydrazone groups is 1. The Bertz CT molecular complexity index is 1020. The van der Waals surface area contributed by atoms with Crippen molar-refractivity contribution in [1.82, 2.24) is 10.3 Å². The van der Waals surface area contributed by atoms with Crippen LogP contribution in [-0.2, 0) is 4.79 Å². The van der Waals surface area contributed by atoms with E-state index in [1.165, 1.54) is 4.90 Å². The first-order valence-corrected chi connectivity index (χ1v) is 10.7. The molecule has 4 N–H and O–H groups in total. The Morgan fingerprint density at radius 2 is 1.87 bits per heavy atom. The van der Waals surface area contributed by atoms with Crippen molar-refractivity contribution < 1.29 is 4.79 Å². The minimum absolute atomic E-state index is 0.164. The van der Waals surface area contributed by atoms with Gasteiger partial charge in [-0.05, 0) is 42.5 Å². The monoisotopic (exact) mass is 442 g/mol. The summed E-state index contributed by atoms with van der Waals surface area (Å²) in [6.45, 7) is 2.07. The number of rotatable bonds is 7. The molecule has 0 bridgehead atoms. The number of halogens is 1. The van der Waals surface area contributed by atoms with Crippen LogP contribution >= 0.6 is 23.5 Å². The van der Waals surface area contributed by atoms with Gasteiger partial charge < -0.3 is 20.4 Å². The second-order valence-electron chi connectivity index (χ2n) is 6.45. The van der Waals surface area contributed by atoms with Crippen LogP contribution in [0.2, 0.25) is 5.02 Å². The Kier molecular flexibility index (Phi) is 7.02. The molecule has 7 nitrogen and oxygen atoms in total. The molecular formula is C21H23ClN6OS. The number of nitrogens with zero attached hydrogens (tertiary/aromatic N) is 2. The van der Waals surface area contributed by atoms with Crippen molar-refractivity contribution in [3.63, 3.8) is 0 Å². The molecule has 1 aliphatic rings. The average Bonchev–Trinajstić information content (AvgIpc) is 2.75. The van der Waals surface area contributed by atoms with E-state index in [2.05, 4.69) is 27.5 Å². The van der Waals surface area contributed by atoms with Gasteiger partial charge in [-0.1, -0.05) is 30.5 Å². The maximum Gasteiger partial charge on any atom is 0.277 e. The number of hydrogen-bond donors (Lipinski definition) is 4. The van der Waals surface area contributed by atoms with Gasteiger partial charge >= 0.3 is 0 Å². The fourth-order valence-corrected chi connectivity index (χ4v) is 3.50. The SMILES string of the molecule is CCSNc1ccc(Nc2ccc(Cl)cc2)c(C2=CN(C)C(=O)C(=N)/C2=N\NC)c1. The van der Waals surface area contributed by atoms with Gasteiger partial charge in [0.25, 0.3) is 5.91 Å². The number of carbonyl (C=O) groups is 1. The quantitative estimate of drug-likeness (QED) is 0.372. The van der Waals surface area contributed by atoms with Gasteiger partial charge in [-0.15, -0.1) is 0 Å². The lowest BCUT2D eigenvalue weighted by atomic mass is 9.93. The summed E-state index contributed by atoms with van der Waals surface area (Å²) in [6, 6.07) is 13.3. The molecule has 3 rings (SSSR count). The zero-order valence-corrected chi connectivity index (χ0v) is 18.5. The van der Waals surface area contributed by atoms with E-state index in [4.69, 9.17) is 17.0 Å². The minimum atomic E-state index is -0.407. The third-order valence-electron chi connectivity index (χ3n) is 4.34. The fraction of sp³-hybridized carbons (Fsp3) is 0.190. The molecule has 0 fully saturated rings. The van der Waals surface area contributed by atoms with E-state index in [9.17, 15) is 4.79 Å². The molecule has 156 valence electrons. The van der Waals surface area contributed by atoms with Crippen molar-refractivity contribution in [2.45, 2.75) is 6.92 Å². The second-order valence-corrected chi connectivity index (χ2v) is 7.95. The summed E-state index contributed by atoms with van der Waals surface area (Å²) >= 11 is 7.59. The highest BCUT2D eigenvalue weighted by molar-refractivity contribution is 8.00. The van der Waals surface area contributed by atoms with Crippen molar-refractivity contribution >= 4 is 63.5 Å². The summed E-state index contributed by atoms with van der Waals surface area (Å²) in [7, 11) is 3.28. The number of benzene rings is 2. The molecule has 0 saturated heterocycles. The van der Waals surface area contributed by atoms with Gasteiger partial charge in [-0.25, -0.2) is 0 Å². The van der Waals surface area contributed by atoms with E-state index in [1.54, 1.807) is 32.2 Å². The van der Waals surface area contributed by atoms with Crippen LogP contribution in [0.4, 0.5) is 17.1 Å². The van der Waals surface area contributed by atoms with Gasteiger partial charge in [-0.2, -0.15) is 5.10 Å². The van der Waals surface area contributed by atoms with Crippen LogP contribution in [0, 0.1) is 5.41 Å². The molecule has 0 unspecified atom stereocenters. The lowest BCUT2D eigenvalue weighted by Crippen LogP contribution is -2.39. The summed E-state index contributed by atoms with van der Waals surface area (Å²) in [4.78, 5) is 13.7. The van der Waals surface area contributed by atoms with E-state index in [1.807, 2.05) is 42.5 Å². The molecule has 0 spiro atoms. The third kappa shape index (κ3) is 4.77. The summed E-state index contributed by atoms with van der Waals surface area (Å²) in [5.41, 5.74) is 6.90. The zero-order chi connectivity index (χ0) is 21.7. The molecule has 9 heteroatoms. The number of amides is 1. The molecule has 1 heterocycles. The van der Waals surface area contributed by atoms with Crippen LogP contribution in [0.15, 0.2) is 53.8 Å². The molecule has 1 amide bonds. The normalized spacial score (nSPS) is 15.3. The minimum Gasteiger partial charge on any atom is -0.355 e. The predicted molar refractivity (Wildman–Crippen MR) is 128 cm³/mol. The average molecular weight is 443 g/mol. The van der Waals surface area contributed by atoms with E-state index >= 15 is 0 Å². The third-order valence-corrected chi connectivity index (χ3v) is 5.26. The second kappa shape index (κ2) is 9.69. The first kappa shape index (κ1) is 21.7. The summed E-state index contributed by atoms with van der Waals surface area (Å²) in [5.74, 6) is 0.507. The van der Waals surface area contributed by atoms with E-state index in [0.29, 0.717) is 16.3 Å². The van der Waals surface area contributed by atoms with Gasteiger partial charge in [0.15, 0.2) is 0 Å². The Balaban J connectivity index is 2.12. The summed E-state index contributed by atoms with van der Waals surface area (Å²) in [6.07, 6.45) is 1.70. The van der Waals surface area contributed by atoms with Crippen molar-refractivity contribution in [2.75, 3.05) is 29.9 Å². The summed E-state index contributed by atoms with van der Waals surface area (Å²) < 4.78 is 3.30. The molecule has 0 aliphatic carbocycles.